The van der Waals surface area contributed by atoms with E-state index in [0.29, 0.717) is 77.2 Å². The molecule has 0 aliphatic heterocycles. The second-order valence-corrected chi connectivity index (χ2v) is 20.8. The molecule has 0 radical (unpaired) electrons. The minimum absolute atomic E-state index is 0.101. The lowest BCUT2D eigenvalue weighted by molar-refractivity contribution is 0.444. The van der Waals surface area contributed by atoms with E-state index in [1.165, 1.54) is 146 Å². The first kappa shape index (κ1) is 54.9. The Balaban J connectivity index is 0.939. The van der Waals surface area contributed by atoms with Crippen LogP contribution in [-0.4, -0.2) is 9.13 Å². The molecule has 2 aromatic heterocycles. The molecule has 12 aromatic carbocycles. The lowest BCUT2D eigenvalue weighted by Gasteiger charge is -2.28. The predicted molar refractivity (Wildman–Crippen MR) is 320 cm³/mol. The molecule has 14 rings (SSSR count). The summed E-state index contributed by atoms with van der Waals surface area (Å²) in [5.74, 6) is -20.6. The van der Waals surface area contributed by atoms with Crippen molar-refractivity contribution in [3.8, 4) is 44.8 Å². The minimum atomic E-state index is -2.42. The van der Waals surface area contributed by atoms with E-state index < -0.39 is 92.3 Å². The van der Waals surface area contributed by atoms with Crippen LogP contribution in [0, 0.1) is 69.8 Å². The lowest BCUT2D eigenvalue weighted by atomic mass is 9.98. The van der Waals surface area contributed by atoms with Gasteiger partial charge in [0.25, 0.3) is 0 Å². The average Bonchev–Trinajstić information content (AvgIpc) is 2.45. The van der Waals surface area contributed by atoms with Crippen LogP contribution in [0.2, 0.25) is 0 Å². The smallest absolute Gasteiger partial charge is 0.186 e. The highest BCUT2D eigenvalue weighted by atomic mass is 19.2. The number of halogens is 12. The summed E-state index contributed by atoms with van der Waals surface area (Å²) in [6.07, 6.45) is 0. The maximum atomic E-state index is 17.5. The fraction of sp³-hybridized carbons (Fsp3) is 0. The molecular formula is C72H38F12N4. The van der Waals surface area contributed by atoms with E-state index in [4.69, 9.17) is 0 Å². The Labute approximate surface area is 492 Å². The molecule has 2 heterocycles. The highest BCUT2D eigenvalue weighted by molar-refractivity contribution is 6.12. The van der Waals surface area contributed by atoms with Crippen LogP contribution in [0.25, 0.3) is 88.4 Å². The molecule has 0 aliphatic carbocycles. The van der Waals surface area contributed by atoms with Crippen molar-refractivity contribution in [2.45, 2.75) is 0 Å². The zero-order chi connectivity index (χ0) is 60.8. The number of fused-ring (bicyclic) bond motifs is 6. The molecule has 16 heteroatoms. The fourth-order valence-corrected chi connectivity index (χ4v) is 11.7. The SMILES string of the molecule is Fc1ccc(-c2ccc(N(c3ccc4c(c3)c3ccccc3n4-c3ccc(F)cc3)c3c(F)c(F)c(-c4c(F)c(F)c(N(c5ccc(-c6ccc(F)cc6)cc5)c5ccc6c(c5)c5ccccc5n6-c5ccc(F)cc5)c(F)c4F)c(F)c3F)cc2)cc1. The zero-order valence-electron chi connectivity index (χ0n) is 45.3. The van der Waals surface area contributed by atoms with Crippen molar-refractivity contribution in [1.82, 2.24) is 9.13 Å². The van der Waals surface area contributed by atoms with Crippen LogP contribution >= 0.6 is 0 Å². The normalized spacial score (nSPS) is 11.6. The third-order valence-electron chi connectivity index (χ3n) is 15.8. The van der Waals surface area contributed by atoms with Crippen molar-refractivity contribution in [3.05, 3.63) is 300 Å². The topological polar surface area (TPSA) is 16.3 Å². The van der Waals surface area contributed by atoms with Crippen molar-refractivity contribution in [1.29, 1.82) is 0 Å². The van der Waals surface area contributed by atoms with Crippen LogP contribution in [0.15, 0.2) is 231 Å². The molecule has 4 nitrogen and oxygen atoms in total. The molecule has 88 heavy (non-hydrogen) atoms. The van der Waals surface area contributed by atoms with E-state index in [0.717, 1.165) is 9.80 Å². The third-order valence-corrected chi connectivity index (χ3v) is 15.8. The van der Waals surface area contributed by atoms with Crippen molar-refractivity contribution in [3.63, 3.8) is 0 Å². The van der Waals surface area contributed by atoms with E-state index in [2.05, 4.69) is 0 Å². The molecule has 0 fully saturated rings. The van der Waals surface area contributed by atoms with E-state index in [1.54, 1.807) is 94.1 Å². The summed E-state index contributed by atoms with van der Waals surface area (Å²) >= 11 is 0. The largest absolute Gasteiger partial charge is 0.309 e. The summed E-state index contributed by atoms with van der Waals surface area (Å²) < 4.78 is 199. The number of rotatable bonds is 11. The molecule has 14 aromatic rings. The molecule has 0 bridgehead atoms. The van der Waals surface area contributed by atoms with Gasteiger partial charge in [-0.1, -0.05) is 84.9 Å². The monoisotopic (exact) mass is 1190 g/mol. The van der Waals surface area contributed by atoms with Gasteiger partial charge in [-0.05, 0) is 168 Å². The highest BCUT2D eigenvalue weighted by Crippen LogP contribution is 2.49. The average molecular weight is 1190 g/mol. The molecule has 0 atom stereocenters. The van der Waals surface area contributed by atoms with Crippen molar-refractivity contribution < 1.29 is 52.7 Å². The quantitative estimate of drug-likeness (QED) is 0.0948. The van der Waals surface area contributed by atoms with Crippen molar-refractivity contribution in [2.24, 2.45) is 0 Å². The third kappa shape index (κ3) is 9.05. The van der Waals surface area contributed by atoms with Crippen LogP contribution in [0.3, 0.4) is 0 Å². The van der Waals surface area contributed by atoms with E-state index in [-0.39, 0.29) is 22.7 Å². The molecule has 0 saturated carbocycles. The number of hydrogen-bond acceptors (Lipinski definition) is 2. The fourth-order valence-electron chi connectivity index (χ4n) is 11.7. The molecule has 0 N–H and O–H groups in total. The van der Waals surface area contributed by atoms with E-state index in [1.807, 2.05) is 0 Å². The Morgan fingerprint density at radius 3 is 0.807 bits per heavy atom. The van der Waals surface area contributed by atoms with Crippen molar-refractivity contribution >= 4 is 77.7 Å². The second kappa shape index (κ2) is 21.5. The van der Waals surface area contributed by atoms with E-state index in [9.17, 15) is 17.6 Å². The Bertz CT molecular complexity index is 4700. The Kier molecular flexibility index (Phi) is 13.4. The first-order valence-electron chi connectivity index (χ1n) is 27.3. The number of para-hydroxylation sites is 2. The van der Waals surface area contributed by atoms with Crippen LogP contribution in [-0.2, 0) is 0 Å². The van der Waals surface area contributed by atoms with Gasteiger partial charge in [0, 0.05) is 55.7 Å². The van der Waals surface area contributed by atoms with E-state index >= 15 is 35.1 Å². The molecule has 0 aliphatic rings. The summed E-state index contributed by atoms with van der Waals surface area (Å²) in [5, 5.41) is 2.10. The van der Waals surface area contributed by atoms with Gasteiger partial charge in [-0.2, -0.15) is 0 Å². The molecular weight excluding hydrogens is 1150 g/mol. The molecule has 0 saturated heterocycles. The summed E-state index contributed by atoms with van der Waals surface area (Å²) in [6.45, 7) is 0. The van der Waals surface area contributed by atoms with Gasteiger partial charge in [0.05, 0.1) is 33.2 Å². The maximum Gasteiger partial charge on any atom is 0.186 e. The van der Waals surface area contributed by atoms with Crippen LogP contribution in [0.5, 0.6) is 0 Å². The maximum absolute atomic E-state index is 17.5. The Morgan fingerprint density at radius 2 is 0.489 bits per heavy atom. The number of nitrogens with zero attached hydrogens (tertiary/aromatic N) is 4. The van der Waals surface area contributed by atoms with Gasteiger partial charge >= 0.3 is 0 Å². The van der Waals surface area contributed by atoms with Gasteiger partial charge in [0.2, 0.25) is 0 Å². The van der Waals surface area contributed by atoms with Crippen LogP contribution < -0.4 is 9.80 Å². The summed E-state index contributed by atoms with van der Waals surface area (Å²) in [7, 11) is 0. The molecule has 0 unspecified atom stereocenters. The number of aromatic nitrogens is 2. The first-order valence-corrected chi connectivity index (χ1v) is 27.3. The molecule has 430 valence electrons. The van der Waals surface area contributed by atoms with Gasteiger partial charge < -0.3 is 18.9 Å². The van der Waals surface area contributed by atoms with Crippen LogP contribution in [0.4, 0.5) is 86.8 Å². The first-order chi connectivity index (χ1) is 42.6. The molecule has 0 spiro atoms. The Hall–Kier alpha value is -11.0. The number of anilines is 6. The van der Waals surface area contributed by atoms with Gasteiger partial charge in [0.15, 0.2) is 46.5 Å². The summed E-state index contributed by atoms with van der Waals surface area (Å²) in [6, 6.07) is 56.4. The summed E-state index contributed by atoms with van der Waals surface area (Å²) in [5.41, 5.74) is -2.09. The second-order valence-electron chi connectivity index (χ2n) is 20.8. The lowest BCUT2D eigenvalue weighted by Crippen LogP contribution is -2.19. The van der Waals surface area contributed by atoms with Gasteiger partial charge in [-0.3, -0.25) is 0 Å². The predicted octanol–water partition coefficient (Wildman–Crippen LogP) is 21.5. The standard InChI is InChI=1S/C72H38F12N4/c73-43-17-9-39(10-18-43)41-13-25-47(26-14-41)85(51-33-35-59-55(37-51)53-5-1-3-7-57(53)87(59)49-29-21-45(75)22-30-49)71-67(81)63(77)61(64(78)68(71)82)62-65(79)69(83)72(70(84)66(62)80)86(48-27-15-42(16-28-48)40-11-19-44(74)20-12-40)52-34-36-60-56(38-52)54-6-2-4-8-58(54)88(60)50-31-23-46(76)24-32-50/h1-38H. The minimum Gasteiger partial charge on any atom is -0.309 e. The summed E-state index contributed by atoms with van der Waals surface area (Å²) in [4.78, 5) is 1.64. The highest BCUT2D eigenvalue weighted by Gasteiger charge is 2.38. The zero-order valence-corrected chi connectivity index (χ0v) is 45.3. The Morgan fingerprint density at radius 1 is 0.227 bits per heavy atom. The number of benzene rings is 12. The number of hydrogen-bond donors (Lipinski definition) is 0. The van der Waals surface area contributed by atoms with Crippen LogP contribution in [0.1, 0.15) is 0 Å². The van der Waals surface area contributed by atoms with Gasteiger partial charge in [-0.15, -0.1) is 0 Å². The molecule has 0 amide bonds. The van der Waals surface area contributed by atoms with Crippen molar-refractivity contribution in [2.75, 3.05) is 9.80 Å². The van der Waals surface area contributed by atoms with Gasteiger partial charge in [-0.25, -0.2) is 52.7 Å². The van der Waals surface area contributed by atoms with Gasteiger partial charge in [0.1, 0.15) is 34.6 Å².